The molecule has 4 heterocycles. The first-order valence-corrected chi connectivity index (χ1v) is 13.3. The number of pyridine rings is 1. The van der Waals surface area contributed by atoms with E-state index in [1.54, 1.807) is 41.3 Å². The summed E-state index contributed by atoms with van der Waals surface area (Å²) in [5, 5.41) is 7.35. The third-order valence-electron chi connectivity index (χ3n) is 7.01. The molecule has 0 saturated carbocycles. The first kappa shape index (κ1) is 28.6. The SMILES string of the molecule is COCCNc1cc(-c2noc(C3CC(c4ccc(OC(F)(F)F)cc4)CN(C(=O)N4CCOCC4)C3)n2)ccn1. The van der Waals surface area contributed by atoms with Crippen molar-refractivity contribution in [2.75, 3.05) is 65.0 Å². The highest BCUT2D eigenvalue weighted by Gasteiger charge is 2.37. The second kappa shape index (κ2) is 12.7. The monoisotopic (exact) mass is 576 g/mol. The van der Waals surface area contributed by atoms with Crippen LogP contribution in [0.1, 0.15) is 29.7 Å². The van der Waals surface area contributed by atoms with Crippen LogP contribution in [-0.4, -0.2) is 97.0 Å². The molecule has 2 fully saturated rings. The van der Waals surface area contributed by atoms with Gasteiger partial charge in [0.05, 0.1) is 25.7 Å². The minimum absolute atomic E-state index is 0.124. The Labute approximate surface area is 234 Å². The van der Waals surface area contributed by atoms with Crippen LogP contribution in [-0.2, 0) is 9.47 Å². The molecule has 2 unspecified atom stereocenters. The zero-order chi connectivity index (χ0) is 28.8. The zero-order valence-electron chi connectivity index (χ0n) is 22.5. The number of halogens is 3. The molecule has 1 aromatic carbocycles. The normalized spacial score (nSPS) is 19.7. The third kappa shape index (κ3) is 7.44. The van der Waals surface area contributed by atoms with Gasteiger partial charge in [-0.3, -0.25) is 0 Å². The average molecular weight is 577 g/mol. The Hall–Kier alpha value is -3.91. The van der Waals surface area contributed by atoms with Crippen molar-refractivity contribution in [3.05, 3.63) is 54.0 Å². The highest BCUT2D eigenvalue weighted by Crippen LogP contribution is 2.37. The quantitative estimate of drug-likeness (QED) is 0.396. The van der Waals surface area contributed by atoms with Gasteiger partial charge in [0.2, 0.25) is 11.7 Å². The summed E-state index contributed by atoms with van der Waals surface area (Å²) in [6.07, 6.45) is -2.57. The summed E-state index contributed by atoms with van der Waals surface area (Å²) in [6, 6.07) is 9.23. The average Bonchev–Trinajstić information content (AvgIpc) is 3.48. The molecule has 0 bridgehead atoms. The van der Waals surface area contributed by atoms with Crippen molar-refractivity contribution in [3.8, 4) is 17.1 Å². The molecule has 3 aromatic rings. The lowest BCUT2D eigenvalue weighted by Crippen LogP contribution is -2.52. The van der Waals surface area contributed by atoms with Crippen LogP contribution in [0.5, 0.6) is 5.75 Å². The van der Waals surface area contributed by atoms with Gasteiger partial charge in [0.1, 0.15) is 11.6 Å². The molecule has 1 N–H and O–H groups in total. The minimum atomic E-state index is -4.77. The van der Waals surface area contributed by atoms with Crippen LogP contribution in [0, 0.1) is 0 Å². The van der Waals surface area contributed by atoms with E-state index in [9.17, 15) is 18.0 Å². The molecule has 5 rings (SSSR count). The predicted molar refractivity (Wildman–Crippen MR) is 140 cm³/mol. The maximum Gasteiger partial charge on any atom is 0.573 e. The molecule has 220 valence electrons. The van der Waals surface area contributed by atoms with Crippen LogP contribution in [0.2, 0.25) is 0 Å². The number of morpholine rings is 1. The molecular formula is C27H31F3N6O5. The summed E-state index contributed by atoms with van der Waals surface area (Å²) >= 11 is 0. The molecule has 2 atom stereocenters. The molecule has 14 heteroatoms. The van der Waals surface area contributed by atoms with Crippen LogP contribution in [0.15, 0.2) is 47.1 Å². The fourth-order valence-corrected chi connectivity index (χ4v) is 5.04. The molecule has 41 heavy (non-hydrogen) atoms. The number of alkyl halides is 3. The van der Waals surface area contributed by atoms with Gasteiger partial charge >= 0.3 is 12.4 Å². The number of methoxy groups -OCH3 is 1. The van der Waals surface area contributed by atoms with Crippen LogP contribution in [0.4, 0.5) is 23.8 Å². The standard InChI is InChI=1S/C27H31F3N6O5/c1-38-11-8-32-23-15-19(6-7-31-23)24-33-25(41-34-24)21-14-20(18-2-4-22(5-3-18)40-27(28,29)30)16-36(17-21)26(37)35-9-12-39-13-10-35/h2-7,15,20-21H,8-14,16-17H2,1H3,(H,31,32). The van der Waals surface area contributed by atoms with Crippen LogP contribution < -0.4 is 10.1 Å². The Kier molecular flexibility index (Phi) is 8.88. The Balaban J connectivity index is 1.36. The van der Waals surface area contributed by atoms with Crippen molar-refractivity contribution < 1.29 is 36.7 Å². The summed E-state index contributed by atoms with van der Waals surface area (Å²) < 4.78 is 58.1. The van der Waals surface area contributed by atoms with Gasteiger partial charge in [0.15, 0.2) is 0 Å². The number of amides is 2. The molecule has 2 saturated heterocycles. The summed E-state index contributed by atoms with van der Waals surface area (Å²) in [5.74, 6) is 0.652. The number of benzene rings is 1. The lowest BCUT2D eigenvalue weighted by Gasteiger charge is -2.40. The van der Waals surface area contributed by atoms with E-state index in [1.165, 1.54) is 12.1 Å². The summed E-state index contributed by atoms with van der Waals surface area (Å²) in [4.78, 5) is 25.9. The number of ether oxygens (including phenoxy) is 3. The first-order valence-electron chi connectivity index (χ1n) is 13.3. The number of urea groups is 1. The van der Waals surface area contributed by atoms with Crippen molar-refractivity contribution >= 4 is 11.8 Å². The topological polar surface area (TPSA) is 115 Å². The Morgan fingerprint density at radius 3 is 2.59 bits per heavy atom. The van der Waals surface area contributed by atoms with Crippen molar-refractivity contribution in [1.82, 2.24) is 24.9 Å². The number of carbonyl (C=O) groups is 1. The number of carbonyl (C=O) groups excluding carboxylic acids is 1. The van der Waals surface area contributed by atoms with E-state index in [0.29, 0.717) is 82.1 Å². The molecule has 2 aromatic heterocycles. The van der Waals surface area contributed by atoms with Crippen molar-refractivity contribution in [3.63, 3.8) is 0 Å². The fraction of sp³-hybridized carbons (Fsp3) is 0.481. The Morgan fingerprint density at radius 1 is 1.10 bits per heavy atom. The number of hydrogen-bond donors (Lipinski definition) is 1. The molecule has 0 radical (unpaired) electrons. The minimum Gasteiger partial charge on any atom is -0.406 e. The summed E-state index contributed by atoms with van der Waals surface area (Å²) in [6.45, 7) is 3.78. The van der Waals surface area contributed by atoms with E-state index in [1.807, 2.05) is 6.07 Å². The van der Waals surface area contributed by atoms with Gasteiger partial charge < -0.3 is 33.9 Å². The Bertz CT molecular complexity index is 1300. The third-order valence-corrected chi connectivity index (χ3v) is 7.01. The highest BCUT2D eigenvalue weighted by molar-refractivity contribution is 5.75. The fourth-order valence-electron chi connectivity index (χ4n) is 5.04. The first-order chi connectivity index (χ1) is 19.8. The number of likely N-dealkylation sites (tertiary alicyclic amines) is 1. The van der Waals surface area contributed by atoms with E-state index in [4.69, 9.17) is 14.0 Å². The van der Waals surface area contributed by atoms with Gasteiger partial charge in [-0.25, -0.2) is 9.78 Å². The van der Waals surface area contributed by atoms with Crippen molar-refractivity contribution in [1.29, 1.82) is 0 Å². The molecule has 0 spiro atoms. The van der Waals surface area contributed by atoms with Gasteiger partial charge in [-0.2, -0.15) is 4.98 Å². The number of piperidine rings is 1. The number of aromatic nitrogens is 3. The maximum atomic E-state index is 13.5. The molecule has 2 aliphatic heterocycles. The van der Waals surface area contributed by atoms with E-state index in [-0.39, 0.29) is 23.6 Å². The number of anilines is 1. The van der Waals surface area contributed by atoms with Crippen LogP contribution in [0.3, 0.4) is 0 Å². The van der Waals surface area contributed by atoms with E-state index < -0.39 is 6.36 Å². The summed E-state index contributed by atoms with van der Waals surface area (Å²) in [7, 11) is 1.62. The van der Waals surface area contributed by atoms with Crippen LogP contribution >= 0.6 is 0 Å². The van der Waals surface area contributed by atoms with Crippen molar-refractivity contribution in [2.45, 2.75) is 24.6 Å². The summed E-state index contributed by atoms with van der Waals surface area (Å²) in [5.41, 5.74) is 1.49. The van der Waals surface area contributed by atoms with Gasteiger partial charge in [0.25, 0.3) is 0 Å². The van der Waals surface area contributed by atoms with Crippen molar-refractivity contribution in [2.24, 2.45) is 0 Å². The van der Waals surface area contributed by atoms with E-state index >= 15 is 0 Å². The van der Waals surface area contributed by atoms with Gasteiger partial charge in [-0.05, 0) is 36.2 Å². The second-order valence-electron chi connectivity index (χ2n) is 9.84. The van der Waals surface area contributed by atoms with Gasteiger partial charge in [-0.1, -0.05) is 17.3 Å². The zero-order valence-corrected chi connectivity index (χ0v) is 22.5. The molecule has 0 aliphatic carbocycles. The largest absolute Gasteiger partial charge is 0.573 e. The Morgan fingerprint density at radius 2 is 1.85 bits per heavy atom. The molecular weight excluding hydrogens is 545 g/mol. The molecule has 11 nitrogen and oxygen atoms in total. The van der Waals surface area contributed by atoms with E-state index in [0.717, 1.165) is 5.56 Å². The van der Waals surface area contributed by atoms with E-state index in [2.05, 4.69) is 25.2 Å². The maximum absolute atomic E-state index is 13.5. The lowest BCUT2D eigenvalue weighted by molar-refractivity contribution is -0.274. The highest BCUT2D eigenvalue weighted by atomic mass is 19.4. The number of nitrogens with zero attached hydrogens (tertiary/aromatic N) is 5. The second-order valence-corrected chi connectivity index (χ2v) is 9.84. The predicted octanol–water partition coefficient (Wildman–Crippen LogP) is 4.11. The lowest BCUT2D eigenvalue weighted by atomic mass is 9.84. The number of nitrogens with one attached hydrogen (secondary N) is 1. The van der Waals surface area contributed by atoms with Gasteiger partial charge in [0, 0.05) is 57.5 Å². The smallest absolute Gasteiger partial charge is 0.406 e. The molecule has 2 amide bonds. The number of hydrogen-bond acceptors (Lipinski definition) is 9. The van der Waals surface area contributed by atoms with Gasteiger partial charge in [-0.15, -0.1) is 13.2 Å². The number of rotatable bonds is 8. The molecule has 2 aliphatic rings. The van der Waals surface area contributed by atoms with Crippen LogP contribution in [0.25, 0.3) is 11.4 Å².